The van der Waals surface area contributed by atoms with Gasteiger partial charge in [-0.3, -0.25) is 14.2 Å². The molecule has 0 bridgehead atoms. The van der Waals surface area contributed by atoms with Gasteiger partial charge in [0.05, 0.1) is 22.3 Å². The van der Waals surface area contributed by atoms with Gasteiger partial charge >= 0.3 is 0 Å². The Hall–Kier alpha value is -1.43. The largest absolute Gasteiger partial charge is 0.292 e. The van der Waals surface area contributed by atoms with Crippen molar-refractivity contribution in [3.8, 4) is 0 Å². The number of ketones is 1. The molecule has 0 atom stereocenters. The molecule has 18 heavy (non-hydrogen) atoms. The SMILES string of the molecule is CCn1nc(C)c(Br)c1CC(=O)c1ccn(C)n1. The third kappa shape index (κ3) is 2.38. The molecule has 0 N–H and O–H groups in total. The highest BCUT2D eigenvalue weighted by Gasteiger charge is 2.17. The lowest BCUT2D eigenvalue weighted by Crippen LogP contribution is -2.11. The molecule has 2 heterocycles. The highest BCUT2D eigenvalue weighted by Crippen LogP contribution is 2.22. The number of aryl methyl sites for hydroxylation is 3. The summed E-state index contributed by atoms with van der Waals surface area (Å²) in [5, 5.41) is 8.49. The minimum atomic E-state index is 0.00546. The molecule has 0 aromatic carbocycles. The lowest BCUT2D eigenvalue weighted by atomic mass is 10.1. The summed E-state index contributed by atoms with van der Waals surface area (Å²) in [6.45, 7) is 4.68. The zero-order chi connectivity index (χ0) is 13.3. The van der Waals surface area contributed by atoms with Crippen LogP contribution in [0.5, 0.6) is 0 Å². The predicted molar refractivity (Wildman–Crippen MR) is 71.6 cm³/mol. The van der Waals surface area contributed by atoms with E-state index in [9.17, 15) is 4.79 Å². The summed E-state index contributed by atoms with van der Waals surface area (Å²) >= 11 is 3.49. The quantitative estimate of drug-likeness (QED) is 0.813. The van der Waals surface area contributed by atoms with Crippen LogP contribution in [0.1, 0.15) is 28.8 Å². The second-order valence-electron chi connectivity index (χ2n) is 4.14. The first kappa shape index (κ1) is 13.0. The number of hydrogen-bond acceptors (Lipinski definition) is 3. The molecule has 2 aromatic rings. The van der Waals surface area contributed by atoms with Crippen molar-refractivity contribution in [2.45, 2.75) is 26.8 Å². The van der Waals surface area contributed by atoms with Crippen LogP contribution in [0.2, 0.25) is 0 Å². The maximum absolute atomic E-state index is 12.1. The summed E-state index contributed by atoms with van der Waals surface area (Å²) in [7, 11) is 1.80. The van der Waals surface area contributed by atoms with Crippen molar-refractivity contribution in [1.29, 1.82) is 0 Å². The zero-order valence-corrected chi connectivity index (χ0v) is 12.2. The maximum Gasteiger partial charge on any atom is 0.189 e. The van der Waals surface area contributed by atoms with Crippen LogP contribution in [0.3, 0.4) is 0 Å². The average Bonchev–Trinajstić information content (AvgIpc) is 2.88. The van der Waals surface area contributed by atoms with E-state index in [0.29, 0.717) is 12.1 Å². The minimum Gasteiger partial charge on any atom is -0.292 e. The number of carbonyl (C=O) groups is 1. The Balaban J connectivity index is 2.26. The van der Waals surface area contributed by atoms with Gasteiger partial charge < -0.3 is 0 Å². The molecular formula is C12H15BrN4O. The number of carbonyl (C=O) groups excluding carboxylic acids is 1. The van der Waals surface area contributed by atoms with Crippen LogP contribution >= 0.6 is 15.9 Å². The van der Waals surface area contributed by atoms with Gasteiger partial charge in [0.25, 0.3) is 0 Å². The molecule has 0 radical (unpaired) electrons. The Kier molecular flexibility index (Phi) is 3.65. The molecule has 0 saturated carbocycles. The van der Waals surface area contributed by atoms with E-state index in [1.807, 2.05) is 18.5 Å². The number of Topliss-reactive ketones (excluding diaryl/α,β-unsaturated/α-hetero) is 1. The molecule has 0 aliphatic carbocycles. The Morgan fingerprint density at radius 3 is 2.72 bits per heavy atom. The van der Waals surface area contributed by atoms with Crippen LogP contribution < -0.4 is 0 Å². The first-order chi connectivity index (χ1) is 8.52. The second-order valence-corrected chi connectivity index (χ2v) is 4.93. The topological polar surface area (TPSA) is 52.7 Å². The van der Waals surface area contributed by atoms with Gasteiger partial charge in [-0.25, -0.2) is 0 Å². The zero-order valence-electron chi connectivity index (χ0n) is 10.6. The Bertz CT molecular complexity index is 585. The molecule has 96 valence electrons. The van der Waals surface area contributed by atoms with Gasteiger partial charge in [0, 0.05) is 19.8 Å². The first-order valence-corrected chi connectivity index (χ1v) is 6.56. The van der Waals surface area contributed by atoms with E-state index in [4.69, 9.17) is 0 Å². The molecule has 0 aliphatic rings. The summed E-state index contributed by atoms with van der Waals surface area (Å²) in [5.74, 6) is 0.00546. The van der Waals surface area contributed by atoms with Crippen molar-refractivity contribution >= 4 is 21.7 Å². The summed E-state index contributed by atoms with van der Waals surface area (Å²) in [5.41, 5.74) is 2.30. The van der Waals surface area contributed by atoms with Crippen molar-refractivity contribution in [2.75, 3.05) is 0 Å². The van der Waals surface area contributed by atoms with E-state index in [0.717, 1.165) is 22.4 Å². The highest BCUT2D eigenvalue weighted by molar-refractivity contribution is 9.10. The van der Waals surface area contributed by atoms with Crippen LogP contribution in [0, 0.1) is 6.92 Å². The predicted octanol–water partition coefficient (Wildman–Crippen LogP) is 2.13. The van der Waals surface area contributed by atoms with Gasteiger partial charge in [-0.05, 0) is 35.8 Å². The average molecular weight is 311 g/mol. The van der Waals surface area contributed by atoms with Crippen molar-refractivity contribution < 1.29 is 4.79 Å². The highest BCUT2D eigenvalue weighted by atomic mass is 79.9. The molecular weight excluding hydrogens is 296 g/mol. The number of rotatable bonds is 4. The summed E-state index contributed by atoms with van der Waals surface area (Å²) < 4.78 is 4.39. The fourth-order valence-electron chi connectivity index (χ4n) is 1.84. The fourth-order valence-corrected chi connectivity index (χ4v) is 2.27. The van der Waals surface area contributed by atoms with Gasteiger partial charge in [-0.2, -0.15) is 10.2 Å². The van der Waals surface area contributed by atoms with Crippen LogP contribution in [-0.2, 0) is 20.0 Å². The standard InChI is InChI=1S/C12H15BrN4O/c1-4-17-10(12(13)8(2)14-17)7-11(18)9-5-6-16(3)15-9/h5-6H,4,7H2,1-3H3. The van der Waals surface area contributed by atoms with Crippen LogP contribution in [0.25, 0.3) is 0 Å². The van der Waals surface area contributed by atoms with E-state index >= 15 is 0 Å². The molecule has 0 saturated heterocycles. The molecule has 2 rings (SSSR count). The smallest absolute Gasteiger partial charge is 0.189 e. The molecule has 0 unspecified atom stereocenters. The van der Waals surface area contributed by atoms with E-state index < -0.39 is 0 Å². The Morgan fingerprint density at radius 1 is 1.44 bits per heavy atom. The summed E-state index contributed by atoms with van der Waals surface area (Å²) in [4.78, 5) is 12.1. The monoisotopic (exact) mass is 310 g/mol. The van der Waals surface area contributed by atoms with E-state index in [1.165, 1.54) is 0 Å². The van der Waals surface area contributed by atoms with Gasteiger partial charge in [-0.15, -0.1) is 0 Å². The number of hydrogen-bond donors (Lipinski definition) is 0. The molecule has 5 nitrogen and oxygen atoms in total. The van der Waals surface area contributed by atoms with Crippen molar-refractivity contribution in [3.05, 3.63) is 33.8 Å². The van der Waals surface area contributed by atoms with Gasteiger partial charge in [0.2, 0.25) is 0 Å². The number of aromatic nitrogens is 4. The summed E-state index contributed by atoms with van der Waals surface area (Å²) in [6.07, 6.45) is 2.08. The van der Waals surface area contributed by atoms with Crippen LogP contribution in [0.4, 0.5) is 0 Å². The number of nitrogens with zero attached hydrogens (tertiary/aromatic N) is 4. The van der Waals surface area contributed by atoms with Gasteiger partial charge in [0.1, 0.15) is 5.69 Å². The molecule has 0 aliphatic heterocycles. The normalized spacial score (nSPS) is 10.9. The van der Waals surface area contributed by atoms with Crippen molar-refractivity contribution in [2.24, 2.45) is 7.05 Å². The Morgan fingerprint density at radius 2 is 2.17 bits per heavy atom. The first-order valence-electron chi connectivity index (χ1n) is 5.77. The molecule has 0 spiro atoms. The molecule has 0 fully saturated rings. The van der Waals surface area contributed by atoms with Gasteiger partial charge in [-0.1, -0.05) is 0 Å². The maximum atomic E-state index is 12.1. The van der Waals surface area contributed by atoms with Crippen LogP contribution in [0.15, 0.2) is 16.7 Å². The second kappa shape index (κ2) is 5.06. The third-order valence-electron chi connectivity index (χ3n) is 2.78. The molecule has 0 amide bonds. The fraction of sp³-hybridized carbons (Fsp3) is 0.417. The lowest BCUT2D eigenvalue weighted by molar-refractivity contribution is 0.0985. The molecule has 6 heteroatoms. The van der Waals surface area contributed by atoms with Crippen molar-refractivity contribution in [3.63, 3.8) is 0 Å². The molecule has 2 aromatic heterocycles. The van der Waals surface area contributed by atoms with Gasteiger partial charge in [0.15, 0.2) is 5.78 Å². The van der Waals surface area contributed by atoms with E-state index in [-0.39, 0.29) is 5.78 Å². The minimum absolute atomic E-state index is 0.00546. The number of halogens is 1. The van der Waals surface area contributed by atoms with E-state index in [1.54, 1.807) is 24.0 Å². The van der Waals surface area contributed by atoms with E-state index in [2.05, 4.69) is 26.1 Å². The summed E-state index contributed by atoms with van der Waals surface area (Å²) in [6, 6.07) is 1.73. The lowest BCUT2D eigenvalue weighted by Gasteiger charge is -2.03. The Labute approximate surface area is 114 Å². The van der Waals surface area contributed by atoms with Crippen molar-refractivity contribution in [1.82, 2.24) is 19.6 Å². The third-order valence-corrected chi connectivity index (χ3v) is 3.81. The van der Waals surface area contributed by atoms with Crippen LogP contribution in [-0.4, -0.2) is 25.3 Å².